The van der Waals surface area contributed by atoms with Gasteiger partial charge >= 0.3 is 6.04 Å². The molecular formula is C13H8F3NO2. The van der Waals surface area contributed by atoms with Crippen LogP contribution in [0.5, 0.6) is 0 Å². The quantitative estimate of drug-likeness (QED) is 0.870. The van der Waals surface area contributed by atoms with Crippen LogP contribution in [-0.2, 0) is 6.61 Å². The van der Waals surface area contributed by atoms with Gasteiger partial charge < -0.3 is 5.11 Å². The van der Waals surface area contributed by atoms with Gasteiger partial charge in [0, 0.05) is 11.6 Å². The number of carbonyl (C=O) groups excluding carboxylic acids is 1. The lowest BCUT2D eigenvalue weighted by Gasteiger charge is -2.05. The predicted octanol–water partition coefficient (Wildman–Crippen LogP) is 2.63. The van der Waals surface area contributed by atoms with Crippen LogP contribution in [0.4, 0.5) is 13.2 Å². The molecule has 0 amide bonds. The summed E-state index contributed by atoms with van der Waals surface area (Å²) in [7, 11) is 0. The molecule has 0 radical (unpaired) electrons. The molecule has 0 fully saturated rings. The molecule has 2 rings (SSSR count). The first-order valence-corrected chi connectivity index (χ1v) is 5.29. The zero-order valence-electron chi connectivity index (χ0n) is 9.53. The van der Waals surface area contributed by atoms with E-state index in [1.54, 1.807) is 0 Å². The Morgan fingerprint density at radius 3 is 2.37 bits per heavy atom. The summed E-state index contributed by atoms with van der Waals surface area (Å²) in [4.78, 5) is 14.0. The van der Waals surface area contributed by atoms with Crippen molar-refractivity contribution in [3.05, 3.63) is 53.2 Å². The normalized spacial score (nSPS) is 10.5. The summed E-state index contributed by atoms with van der Waals surface area (Å²) in [6.07, 6.45) is 0. The largest absolute Gasteiger partial charge is 0.392 e. The van der Waals surface area contributed by atoms with Gasteiger partial charge in [0.1, 0.15) is 11.4 Å². The number of aliphatic hydroxyl groups is 1. The van der Waals surface area contributed by atoms with E-state index in [0.717, 1.165) is 0 Å². The van der Waals surface area contributed by atoms with Crippen molar-refractivity contribution in [3.63, 3.8) is 0 Å². The first-order chi connectivity index (χ1) is 9.02. The number of halogens is 3. The zero-order valence-corrected chi connectivity index (χ0v) is 9.53. The van der Waals surface area contributed by atoms with E-state index in [2.05, 4.69) is 4.98 Å². The van der Waals surface area contributed by atoms with Crippen LogP contribution in [0.3, 0.4) is 0 Å². The summed E-state index contributed by atoms with van der Waals surface area (Å²) < 4.78 is 39.4. The molecule has 0 unspecified atom stereocenters. The third kappa shape index (κ3) is 2.63. The smallest absolute Gasteiger partial charge is 0.350 e. The fraction of sp³-hybridized carbons (Fsp3) is 0.0769. The Bertz CT molecular complexity index is 627. The van der Waals surface area contributed by atoms with E-state index in [-0.39, 0.29) is 12.2 Å². The summed E-state index contributed by atoms with van der Waals surface area (Å²) in [6.45, 7) is -0.201. The van der Waals surface area contributed by atoms with Crippen LogP contribution in [0.2, 0.25) is 0 Å². The van der Waals surface area contributed by atoms with Crippen molar-refractivity contribution < 1.29 is 23.1 Å². The average Bonchev–Trinajstić information content (AvgIpc) is 2.41. The molecule has 3 nitrogen and oxygen atoms in total. The van der Waals surface area contributed by atoms with Gasteiger partial charge in [0.15, 0.2) is 11.6 Å². The lowest BCUT2D eigenvalue weighted by molar-refractivity contribution is 0.0829. The first-order valence-electron chi connectivity index (χ1n) is 5.29. The lowest BCUT2D eigenvalue weighted by atomic mass is 10.1. The molecule has 1 heterocycles. The maximum absolute atomic E-state index is 13.6. The number of aromatic nitrogens is 1. The van der Waals surface area contributed by atoms with Crippen LogP contribution in [-0.4, -0.2) is 16.1 Å². The summed E-state index contributed by atoms with van der Waals surface area (Å²) in [5.74, 6) is -2.61. The number of rotatable bonds is 3. The van der Waals surface area contributed by atoms with Crippen LogP contribution in [0.1, 0.15) is 16.1 Å². The van der Waals surface area contributed by atoms with Crippen molar-refractivity contribution in [3.8, 4) is 11.3 Å². The third-order valence-electron chi connectivity index (χ3n) is 2.52. The fourth-order valence-electron chi connectivity index (χ4n) is 1.56. The van der Waals surface area contributed by atoms with Crippen molar-refractivity contribution in [1.82, 2.24) is 4.98 Å². The van der Waals surface area contributed by atoms with Gasteiger partial charge in [-0.25, -0.2) is 13.8 Å². The number of hydrogen-bond acceptors (Lipinski definition) is 3. The van der Waals surface area contributed by atoms with Gasteiger partial charge in [-0.05, 0) is 5.56 Å². The van der Waals surface area contributed by atoms with E-state index in [0.29, 0.717) is 11.6 Å². The Morgan fingerprint density at radius 1 is 1.21 bits per heavy atom. The molecule has 0 bridgehead atoms. The van der Waals surface area contributed by atoms with Crippen molar-refractivity contribution in [2.75, 3.05) is 0 Å². The number of aliphatic hydroxyl groups excluding tert-OH is 1. The highest BCUT2D eigenvalue weighted by molar-refractivity contribution is 5.87. The Balaban J connectivity index is 2.56. The van der Waals surface area contributed by atoms with Crippen LogP contribution < -0.4 is 0 Å². The SMILES string of the molecule is O=C(F)c1cc(F)c(F)c(-c2ccc(CO)cc2)n1. The van der Waals surface area contributed by atoms with E-state index in [9.17, 15) is 18.0 Å². The number of benzene rings is 1. The molecule has 19 heavy (non-hydrogen) atoms. The molecule has 1 N–H and O–H groups in total. The molecule has 0 aliphatic carbocycles. The number of hydrogen-bond donors (Lipinski definition) is 1. The molecular weight excluding hydrogens is 259 g/mol. The van der Waals surface area contributed by atoms with Crippen molar-refractivity contribution >= 4 is 6.04 Å². The summed E-state index contributed by atoms with van der Waals surface area (Å²) in [5.41, 5.74) is -0.496. The zero-order chi connectivity index (χ0) is 14.0. The van der Waals surface area contributed by atoms with Crippen molar-refractivity contribution in [2.45, 2.75) is 6.61 Å². The maximum atomic E-state index is 13.6. The molecule has 6 heteroatoms. The van der Waals surface area contributed by atoms with Gasteiger partial charge in [0.2, 0.25) is 0 Å². The Kier molecular flexibility index (Phi) is 3.62. The number of pyridine rings is 1. The van der Waals surface area contributed by atoms with E-state index >= 15 is 0 Å². The highest BCUT2D eigenvalue weighted by Gasteiger charge is 2.17. The molecule has 0 saturated carbocycles. The van der Waals surface area contributed by atoms with Crippen molar-refractivity contribution in [1.29, 1.82) is 0 Å². The second-order valence-electron chi connectivity index (χ2n) is 3.78. The van der Waals surface area contributed by atoms with Gasteiger partial charge in [0.25, 0.3) is 0 Å². The average molecular weight is 267 g/mol. The molecule has 2 aromatic rings. The molecule has 0 saturated heterocycles. The van der Waals surface area contributed by atoms with Crippen LogP contribution in [0, 0.1) is 11.6 Å². The third-order valence-corrected chi connectivity index (χ3v) is 2.52. The van der Waals surface area contributed by atoms with Gasteiger partial charge in [0.05, 0.1) is 6.61 Å². The number of nitrogens with zero attached hydrogens (tertiary/aromatic N) is 1. The molecule has 1 aromatic carbocycles. The lowest BCUT2D eigenvalue weighted by Crippen LogP contribution is -2.02. The first kappa shape index (κ1) is 13.2. The fourth-order valence-corrected chi connectivity index (χ4v) is 1.56. The van der Waals surface area contributed by atoms with Gasteiger partial charge in [-0.2, -0.15) is 4.39 Å². The van der Waals surface area contributed by atoms with Gasteiger partial charge in [-0.1, -0.05) is 24.3 Å². The molecule has 98 valence electrons. The second-order valence-corrected chi connectivity index (χ2v) is 3.78. The van der Waals surface area contributed by atoms with Crippen LogP contribution in [0.25, 0.3) is 11.3 Å². The van der Waals surface area contributed by atoms with Crippen molar-refractivity contribution in [2.24, 2.45) is 0 Å². The topological polar surface area (TPSA) is 50.2 Å². The summed E-state index contributed by atoms with van der Waals surface area (Å²) in [5, 5.41) is 8.87. The molecule has 0 atom stereocenters. The number of carbonyl (C=O) groups is 1. The Labute approximate surface area is 106 Å². The minimum atomic E-state index is -1.94. The van der Waals surface area contributed by atoms with Crippen LogP contribution in [0.15, 0.2) is 30.3 Å². The second kappa shape index (κ2) is 5.19. The van der Waals surface area contributed by atoms with E-state index < -0.39 is 29.1 Å². The highest BCUT2D eigenvalue weighted by Crippen LogP contribution is 2.24. The Hall–Kier alpha value is -2.21. The van der Waals surface area contributed by atoms with Crippen LogP contribution >= 0.6 is 0 Å². The standard InChI is InChI=1S/C13H8F3NO2/c14-9-5-10(13(16)19)17-12(11(9)15)8-3-1-7(6-18)2-4-8/h1-5,18H,6H2. The van der Waals surface area contributed by atoms with Gasteiger partial charge in [-0.15, -0.1) is 0 Å². The van der Waals surface area contributed by atoms with E-state index in [4.69, 9.17) is 5.11 Å². The minimum Gasteiger partial charge on any atom is -0.392 e. The summed E-state index contributed by atoms with van der Waals surface area (Å²) >= 11 is 0. The molecule has 0 aliphatic rings. The van der Waals surface area contributed by atoms with E-state index in [1.165, 1.54) is 24.3 Å². The summed E-state index contributed by atoms with van der Waals surface area (Å²) in [6, 6.07) is 4.22. The highest BCUT2D eigenvalue weighted by atomic mass is 19.2. The molecule has 0 aliphatic heterocycles. The molecule has 0 spiro atoms. The molecule has 1 aromatic heterocycles. The van der Waals surface area contributed by atoms with Gasteiger partial charge in [-0.3, -0.25) is 4.79 Å². The maximum Gasteiger partial charge on any atom is 0.350 e. The predicted molar refractivity (Wildman–Crippen MR) is 61.0 cm³/mol. The monoisotopic (exact) mass is 267 g/mol. The minimum absolute atomic E-state index is 0.178. The Morgan fingerprint density at radius 2 is 1.84 bits per heavy atom. The van der Waals surface area contributed by atoms with E-state index in [1.807, 2.05) is 0 Å².